The first-order valence-corrected chi connectivity index (χ1v) is 11.8. The number of carbonyl (C=O) groups excluding carboxylic acids is 1. The summed E-state index contributed by atoms with van der Waals surface area (Å²) in [5.41, 5.74) is 0.258. The van der Waals surface area contributed by atoms with Crippen LogP contribution in [0.2, 0.25) is 0 Å². The monoisotopic (exact) mass is 450 g/mol. The van der Waals surface area contributed by atoms with Crippen LogP contribution in [0, 0.1) is 21.4 Å². The highest BCUT2D eigenvalue weighted by molar-refractivity contribution is 7.90. The molecule has 0 aliphatic heterocycles. The molecule has 3 unspecified atom stereocenters. The Hall–Kier alpha value is -2.52. The highest BCUT2D eigenvalue weighted by Crippen LogP contribution is 2.44. The van der Waals surface area contributed by atoms with Crippen molar-refractivity contribution in [2.24, 2.45) is 11.3 Å². The standard InChI is InChI=1S/C22H30N2O6S/c1-5-30-21(25)14-22(17(4)15-23-31(28,29)16(2)3)12-11-19(13-20(22)24(26)27)18-9-7-6-8-10-18/h6-13,16-17,20,23H,5,14-15H2,1-4H3. The molecule has 0 spiro atoms. The number of rotatable bonds is 10. The van der Waals surface area contributed by atoms with Crippen molar-refractivity contribution in [3.05, 3.63) is 64.2 Å². The van der Waals surface area contributed by atoms with Crippen LogP contribution in [0.25, 0.3) is 5.57 Å². The van der Waals surface area contributed by atoms with Crippen molar-refractivity contribution in [2.45, 2.75) is 45.4 Å². The zero-order valence-electron chi connectivity index (χ0n) is 18.3. The number of sulfonamides is 1. The summed E-state index contributed by atoms with van der Waals surface area (Å²) < 4.78 is 32.1. The van der Waals surface area contributed by atoms with Crippen molar-refractivity contribution in [3.63, 3.8) is 0 Å². The maximum atomic E-state index is 12.4. The SMILES string of the molecule is CCOC(=O)CC1(C(C)CNS(=O)(=O)C(C)C)C=CC(c2ccccc2)=CC1[N+](=O)[O-]. The van der Waals surface area contributed by atoms with Gasteiger partial charge in [-0.1, -0.05) is 49.4 Å². The van der Waals surface area contributed by atoms with Gasteiger partial charge in [0.15, 0.2) is 0 Å². The zero-order chi connectivity index (χ0) is 23.2. The fourth-order valence-corrected chi connectivity index (χ4v) is 4.47. The molecule has 2 rings (SSSR count). The van der Waals surface area contributed by atoms with Gasteiger partial charge in [0.25, 0.3) is 0 Å². The lowest BCUT2D eigenvalue weighted by atomic mass is 9.65. The van der Waals surface area contributed by atoms with Crippen LogP contribution < -0.4 is 4.72 Å². The van der Waals surface area contributed by atoms with Gasteiger partial charge >= 0.3 is 5.97 Å². The lowest BCUT2D eigenvalue weighted by Crippen LogP contribution is -2.49. The van der Waals surface area contributed by atoms with Crippen molar-refractivity contribution in [3.8, 4) is 0 Å². The van der Waals surface area contributed by atoms with E-state index in [1.54, 1.807) is 45.9 Å². The molecule has 0 amide bonds. The Balaban J connectivity index is 2.46. The highest BCUT2D eigenvalue weighted by Gasteiger charge is 2.51. The van der Waals surface area contributed by atoms with Crippen LogP contribution in [0.3, 0.4) is 0 Å². The highest BCUT2D eigenvalue weighted by atomic mass is 32.2. The Morgan fingerprint density at radius 2 is 1.90 bits per heavy atom. The van der Waals surface area contributed by atoms with Gasteiger partial charge in [0.05, 0.1) is 23.7 Å². The van der Waals surface area contributed by atoms with Crippen LogP contribution in [0.4, 0.5) is 0 Å². The van der Waals surface area contributed by atoms with Crippen molar-refractivity contribution in [1.82, 2.24) is 4.72 Å². The third-order valence-electron chi connectivity index (χ3n) is 5.68. The largest absolute Gasteiger partial charge is 0.466 e. The van der Waals surface area contributed by atoms with E-state index >= 15 is 0 Å². The number of hydrogen-bond donors (Lipinski definition) is 1. The summed E-state index contributed by atoms with van der Waals surface area (Å²) in [6, 6.07) is 8.02. The van der Waals surface area contributed by atoms with E-state index in [9.17, 15) is 23.3 Å². The number of hydrogen-bond acceptors (Lipinski definition) is 6. The molecule has 1 aliphatic rings. The Labute approximate surface area is 183 Å². The van der Waals surface area contributed by atoms with Crippen molar-refractivity contribution in [2.75, 3.05) is 13.2 Å². The molecule has 31 heavy (non-hydrogen) atoms. The van der Waals surface area contributed by atoms with Crippen LogP contribution in [0.15, 0.2) is 48.6 Å². The van der Waals surface area contributed by atoms with E-state index in [2.05, 4.69) is 4.72 Å². The first-order valence-electron chi connectivity index (χ1n) is 10.3. The van der Waals surface area contributed by atoms with E-state index in [1.807, 2.05) is 30.3 Å². The lowest BCUT2D eigenvalue weighted by Gasteiger charge is -2.38. The number of nitrogens with one attached hydrogen (secondary N) is 1. The second-order valence-corrected chi connectivity index (χ2v) is 10.3. The van der Waals surface area contributed by atoms with Crippen LogP contribution in [0.1, 0.15) is 39.7 Å². The summed E-state index contributed by atoms with van der Waals surface area (Å²) in [6.45, 7) is 6.60. The number of carbonyl (C=O) groups is 1. The lowest BCUT2D eigenvalue weighted by molar-refractivity contribution is -0.528. The molecule has 170 valence electrons. The molecular formula is C22H30N2O6S. The molecule has 1 aromatic carbocycles. The van der Waals surface area contributed by atoms with Crippen LogP contribution in [-0.4, -0.2) is 43.8 Å². The second-order valence-electron chi connectivity index (χ2n) is 7.99. The molecule has 0 aromatic heterocycles. The maximum absolute atomic E-state index is 12.4. The van der Waals surface area contributed by atoms with Gasteiger partial charge in [-0.3, -0.25) is 14.9 Å². The molecule has 0 heterocycles. The molecule has 8 nitrogen and oxygen atoms in total. The summed E-state index contributed by atoms with van der Waals surface area (Å²) in [5.74, 6) is -1.11. The first kappa shape index (κ1) is 24.7. The van der Waals surface area contributed by atoms with Gasteiger partial charge in [-0.15, -0.1) is 0 Å². The minimum atomic E-state index is -3.56. The Morgan fingerprint density at radius 1 is 1.26 bits per heavy atom. The van der Waals surface area contributed by atoms with Gasteiger partial charge < -0.3 is 4.74 Å². The van der Waals surface area contributed by atoms with E-state index in [4.69, 9.17) is 4.74 Å². The fraction of sp³-hybridized carbons (Fsp3) is 0.500. The predicted molar refractivity (Wildman–Crippen MR) is 119 cm³/mol. The normalized spacial score (nSPS) is 22.1. The molecule has 1 aliphatic carbocycles. The minimum Gasteiger partial charge on any atom is -0.466 e. The number of allylic oxidation sites excluding steroid dienone is 2. The van der Waals surface area contributed by atoms with E-state index in [1.165, 1.54) is 0 Å². The smallest absolute Gasteiger partial charge is 0.306 e. The summed E-state index contributed by atoms with van der Waals surface area (Å²) in [5, 5.41) is 11.5. The summed E-state index contributed by atoms with van der Waals surface area (Å²) in [6.07, 6.45) is 4.75. The van der Waals surface area contributed by atoms with Gasteiger partial charge in [0.1, 0.15) is 0 Å². The first-order chi connectivity index (χ1) is 14.5. The molecule has 0 saturated heterocycles. The van der Waals surface area contributed by atoms with Crippen molar-refractivity contribution >= 4 is 21.6 Å². The van der Waals surface area contributed by atoms with Gasteiger partial charge in [0.2, 0.25) is 16.1 Å². The molecule has 9 heteroatoms. The van der Waals surface area contributed by atoms with E-state index in [0.29, 0.717) is 5.57 Å². The summed E-state index contributed by atoms with van der Waals surface area (Å²) >= 11 is 0. The van der Waals surface area contributed by atoms with Gasteiger partial charge in [-0.25, -0.2) is 13.1 Å². The van der Waals surface area contributed by atoms with Crippen LogP contribution in [-0.2, 0) is 19.6 Å². The third kappa shape index (κ3) is 5.80. The van der Waals surface area contributed by atoms with E-state index < -0.39 is 43.5 Å². The minimum absolute atomic E-state index is 0.0386. The third-order valence-corrected chi connectivity index (χ3v) is 7.49. The Bertz CT molecular complexity index is 955. The topological polar surface area (TPSA) is 116 Å². The molecule has 0 saturated carbocycles. The van der Waals surface area contributed by atoms with Crippen LogP contribution >= 0.6 is 0 Å². The predicted octanol–water partition coefficient (Wildman–Crippen LogP) is 3.19. The molecular weight excluding hydrogens is 420 g/mol. The molecule has 0 bridgehead atoms. The number of nitrogens with zero attached hydrogens (tertiary/aromatic N) is 1. The molecule has 1 aromatic rings. The fourth-order valence-electron chi connectivity index (χ4n) is 3.66. The van der Waals surface area contributed by atoms with Crippen LogP contribution in [0.5, 0.6) is 0 Å². The average Bonchev–Trinajstić information content (AvgIpc) is 2.72. The average molecular weight is 451 g/mol. The zero-order valence-corrected chi connectivity index (χ0v) is 19.1. The second kappa shape index (κ2) is 10.2. The quantitative estimate of drug-likeness (QED) is 0.332. The Morgan fingerprint density at radius 3 is 2.45 bits per heavy atom. The number of esters is 1. The molecule has 0 radical (unpaired) electrons. The molecule has 0 fully saturated rings. The van der Waals surface area contributed by atoms with E-state index in [0.717, 1.165) is 5.56 Å². The van der Waals surface area contributed by atoms with Gasteiger partial charge in [0, 0.05) is 11.5 Å². The van der Waals surface area contributed by atoms with Crippen molar-refractivity contribution in [1.29, 1.82) is 0 Å². The number of nitro groups is 1. The summed E-state index contributed by atoms with van der Waals surface area (Å²) in [7, 11) is -3.56. The van der Waals surface area contributed by atoms with Gasteiger partial charge in [-0.05, 0) is 43.9 Å². The Kier molecular flexibility index (Phi) is 8.14. The molecule has 3 atom stereocenters. The van der Waals surface area contributed by atoms with Crippen molar-refractivity contribution < 1.29 is 22.9 Å². The van der Waals surface area contributed by atoms with Gasteiger partial charge in [-0.2, -0.15) is 0 Å². The number of benzene rings is 1. The summed E-state index contributed by atoms with van der Waals surface area (Å²) in [4.78, 5) is 24.1. The molecule has 1 N–H and O–H groups in total. The maximum Gasteiger partial charge on any atom is 0.306 e. The van der Waals surface area contributed by atoms with E-state index in [-0.39, 0.29) is 19.6 Å². The number of ether oxygens (including phenoxy) is 1.